The van der Waals surface area contributed by atoms with E-state index >= 15 is 0 Å². The molecule has 1 N–H and O–H groups in total. The van der Waals surface area contributed by atoms with Gasteiger partial charge in [-0.25, -0.2) is 0 Å². The Morgan fingerprint density at radius 1 is 1.05 bits per heavy atom. The van der Waals surface area contributed by atoms with Crippen LogP contribution in [0.1, 0.15) is 23.6 Å². The Kier molecular flexibility index (Phi) is 4.65. The van der Waals surface area contributed by atoms with Gasteiger partial charge in [-0.1, -0.05) is 45.8 Å². The third kappa shape index (κ3) is 4.10. The molecule has 2 rings (SSSR count). The molecule has 0 saturated heterocycles. The Hall–Kier alpha value is -1.28. The van der Waals surface area contributed by atoms with Crippen molar-refractivity contribution < 1.29 is 0 Å². The average Bonchev–Trinajstić information content (AvgIpc) is 2.36. The summed E-state index contributed by atoms with van der Waals surface area (Å²) in [5.41, 5.74) is 5.20. The van der Waals surface area contributed by atoms with E-state index in [-0.39, 0.29) is 0 Å². The third-order valence-corrected chi connectivity index (χ3v) is 3.77. The number of aryl methyl sites for hydroxylation is 2. The van der Waals surface area contributed by atoms with Crippen molar-refractivity contribution in [1.29, 1.82) is 0 Å². The SMILES string of the molecule is Cc1ccc(NC(C)Cc2ccc(Br)cc2)c(C)c1. The number of nitrogens with one attached hydrogen (secondary N) is 1. The van der Waals surface area contributed by atoms with Crippen molar-refractivity contribution in [2.24, 2.45) is 0 Å². The zero-order chi connectivity index (χ0) is 13.8. The molecule has 1 atom stereocenters. The van der Waals surface area contributed by atoms with Crippen molar-refractivity contribution in [3.05, 3.63) is 63.6 Å². The summed E-state index contributed by atoms with van der Waals surface area (Å²) in [7, 11) is 0. The van der Waals surface area contributed by atoms with Crippen molar-refractivity contribution in [1.82, 2.24) is 0 Å². The first kappa shape index (κ1) is 14.1. The van der Waals surface area contributed by atoms with Crippen LogP contribution in [-0.4, -0.2) is 6.04 Å². The minimum atomic E-state index is 0.419. The van der Waals surface area contributed by atoms with Crippen LogP contribution >= 0.6 is 15.9 Å². The summed E-state index contributed by atoms with van der Waals surface area (Å²) in [6.45, 7) is 6.51. The van der Waals surface area contributed by atoms with Gasteiger partial charge in [0, 0.05) is 16.2 Å². The number of halogens is 1. The predicted octanol–water partition coefficient (Wildman–Crippen LogP) is 5.11. The van der Waals surface area contributed by atoms with Gasteiger partial charge in [0.2, 0.25) is 0 Å². The molecule has 0 aromatic heterocycles. The van der Waals surface area contributed by atoms with E-state index in [0.29, 0.717) is 6.04 Å². The first-order chi connectivity index (χ1) is 9.04. The van der Waals surface area contributed by atoms with E-state index in [4.69, 9.17) is 0 Å². The van der Waals surface area contributed by atoms with Crippen molar-refractivity contribution in [3.63, 3.8) is 0 Å². The Morgan fingerprint density at radius 3 is 2.37 bits per heavy atom. The third-order valence-electron chi connectivity index (χ3n) is 3.24. The molecular formula is C17H20BrN. The molecule has 0 radical (unpaired) electrons. The van der Waals surface area contributed by atoms with Crippen LogP contribution in [0.4, 0.5) is 5.69 Å². The van der Waals surface area contributed by atoms with Crippen LogP contribution in [0.15, 0.2) is 46.9 Å². The van der Waals surface area contributed by atoms with E-state index in [1.807, 2.05) is 0 Å². The highest BCUT2D eigenvalue weighted by Gasteiger charge is 2.05. The van der Waals surface area contributed by atoms with Gasteiger partial charge >= 0.3 is 0 Å². The van der Waals surface area contributed by atoms with Crippen LogP contribution in [0.5, 0.6) is 0 Å². The number of benzene rings is 2. The van der Waals surface area contributed by atoms with Gasteiger partial charge in [-0.2, -0.15) is 0 Å². The fourth-order valence-electron chi connectivity index (χ4n) is 2.27. The van der Waals surface area contributed by atoms with E-state index in [0.717, 1.165) is 10.9 Å². The van der Waals surface area contributed by atoms with E-state index in [9.17, 15) is 0 Å². The molecule has 0 heterocycles. The highest BCUT2D eigenvalue weighted by molar-refractivity contribution is 9.10. The molecule has 1 unspecified atom stereocenters. The van der Waals surface area contributed by atoms with Gasteiger partial charge in [0.15, 0.2) is 0 Å². The van der Waals surface area contributed by atoms with E-state index in [1.165, 1.54) is 22.4 Å². The van der Waals surface area contributed by atoms with E-state index in [1.54, 1.807) is 0 Å². The number of anilines is 1. The first-order valence-corrected chi connectivity index (χ1v) is 7.42. The smallest absolute Gasteiger partial charge is 0.0372 e. The summed E-state index contributed by atoms with van der Waals surface area (Å²) >= 11 is 3.47. The monoisotopic (exact) mass is 317 g/mol. The maximum atomic E-state index is 3.59. The summed E-state index contributed by atoms with van der Waals surface area (Å²) < 4.78 is 1.13. The normalized spacial score (nSPS) is 12.2. The minimum Gasteiger partial charge on any atom is -0.382 e. The molecule has 0 saturated carbocycles. The number of hydrogen-bond acceptors (Lipinski definition) is 1. The summed E-state index contributed by atoms with van der Waals surface area (Å²) in [6.07, 6.45) is 1.03. The van der Waals surface area contributed by atoms with Gasteiger partial charge in [-0.15, -0.1) is 0 Å². The molecular weight excluding hydrogens is 298 g/mol. The molecule has 0 aliphatic heterocycles. The molecule has 2 aromatic rings. The maximum Gasteiger partial charge on any atom is 0.0372 e. The zero-order valence-corrected chi connectivity index (χ0v) is 13.3. The van der Waals surface area contributed by atoms with Gasteiger partial charge in [-0.3, -0.25) is 0 Å². The Morgan fingerprint density at radius 2 is 1.74 bits per heavy atom. The molecule has 2 heteroatoms. The first-order valence-electron chi connectivity index (χ1n) is 6.63. The molecule has 100 valence electrons. The molecule has 0 fully saturated rings. The Labute approximate surface area is 124 Å². The van der Waals surface area contributed by atoms with Crippen LogP contribution in [0.25, 0.3) is 0 Å². The van der Waals surface area contributed by atoms with Crippen LogP contribution in [0.3, 0.4) is 0 Å². The largest absolute Gasteiger partial charge is 0.382 e. The quantitative estimate of drug-likeness (QED) is 0.826. The van der Waals surface area contributed by atoms with Crippen molar-refractivity contribution in [2.75, 3.05) is 5.32 Å². The predicted molar refractivity (Wildman–Crippen MR) is 86.8 cm³/mol. The molecule has 0 aliphatic carbocycles. The second-order valence-electron chi connectivity index (χ2n) is 5.19. The summed E-state index contributed by atoms with van der Waals surface area (Å²) in [5.74, 6) is 0. The van der Waals surface area contributed by atoms with Crippen molar-refractivity contribution in [2.45, 2.75) is 33.2 Å². The summed E-state index contributed by atoms with van der Waals surface area (Å²) in [4.78, 5) is 0. The molecule has 0 spiro atoms. The van der Waals surface area contributed by atoms with Crippen LogP contribution in [-0.2, 0) is 6.42 Å². The minimum absolute atomic E-state index is 0.419. The van der Waals surface area contributed by atoms with Gasteiger partial charge in [-0.05, 0) is 56.5 Å². The number of rotatable bonds is 4. The lowest BCUT2D eigenvalue weighted by atomic mass is 10.1. The molecule has 2 aromatic carbocycles. The second-order valence-corrected chi connectivity index (χ2v) is 6.11. The lowest BCUT2D eigenvalue weighted by Gasteiger charge is -2.17. The fourth-order valence-corrected chi connectivity index (χ4v) is 2.53. The Bertz CT molecular complexity index is 546. The second kappa shape index (κ2) is 6.25. The lowest BCUT2D eigenvalue weighted by Crippen LogP contribution is -2.18. The molecule has 1 nitrogen and oxygen atoms in total. The maximum absolute atomic E-state index is 3.59. The fraction of sp³-hybridized carbons (Fsp3) is 0.294. The molecule has 0 amide bonds. The summed E-state index contributed by atoms with van der Waals surface area (Å²) in [6, 6.07) is 15.5. The molecule has 19 heavy (non-hydrogen) atoms. The van der Waals surface area contributed by atoms with Crippen LogP contribution in [0.2, 0.25) is 0 Å². The van der Waals surface area contributed by atoms with Gasteiger partial charge in [0.1, 0.15) is 0 Å². The standard InChI is InChI=1S/C17H20BrN/c1-12-4-9-17(13(2)10-12)19-14(3)11-15-5-7-16(18)8-6-15/h4-10,14,19H,11H2,1-3H3. The van der Waals surface area contributed by atoms with Crippen molar-refractivity contribution >= 4 is 21.6 Å². The Balaban J connectivity index is 2.01. The molecule has 0 aliphatic rings. The number of hydrogen-bond donors (Lipinski definition) is 1. The lowest BCUT2D eigenvalue weighted by molar-refractivity contribution is 0.789. The van der Waals surface area contributed by atoms with Crippen LogP contribution < -0.4 is 5.32 Å². The highest BCUT2D eigenvalue weighted by atomic mass is 79.9. The average molecular weight is 318 g/mol. The zero-order valence-electron chi connectivity index (χ0n) is 11.7. The van der Waals surface area contributed by atoms with Crippen molar-refractivity contribution in [3.8, 4) is 0 Å². The topological polar surface area (TPSA) is 12.0 Å². The van der Waals surface area contributed by atoms with Gasteiger partial charge < -0.3 is 5.32 Å². The van der Waals surface area contributed by atoms with Gasteiger partial charge in [0.25, 0.3) is 0 Å². The van der Waals surface area contributed by atoms with E-state index < -0.39 is 0 Å². The summed E-state index contributed by atoms with van der Waals surface area (Å²) in [5, 5.41) is 3.59. The van der Waals surface area contributed by atoms with Crippen LogP contribution in [0, 0.1) is 13.8 Å². The van der Waals surface area contributed by atoms with Gasteiger partial charge in [0.05, 0.1) is 0 Å². The van der Waals surface area contributed by atoms with E-state index in [2.05, 4.69) is 84.5 Å². The molecule has 0 bridgehead atoms. The highest BCUT2D eigenvalue weighted by Crippen LogP contribution is 2.18.